The maximum atomic E-state index is 12.5. The predicted molar refractivity (Wildman–Crippen MR) is 84.1 cm³/mol. The summed E-state index contributed by atoms with van der Waals surface area (Å²) in [7, 11) is 0. The molecule has 1 amide bonds. The second-order valence-electron chi connectivity index (χ2n) is 6.39. The molecule has 0 spiro atoms. The molecule has 2 rings (SSSR count). The third kappa shape index (κ3) is 3.90. The zero-order valence-electron chi connectivity index (χ0n) is 13.6. The number of aromatic nitrogens is 4. The minimum atomic E-state index is -2.70. The number of hydrogen-bond donors (Lipinski definition) is 1. The number of nitrogens with one attached hydrogen (secondary N) is 1. The molecule has 0 unspecified atom stereocenters. The number of amides is 1. The highest BCUT2D eigenvalue weighted by molar-refractivity contribution is 7.15. The molecule has 0 radical (unpaired) electrons. The summed E-state index contributed by atoms with van der Waals surface area (Å²) in [5, 5.41) is 13.3. The Morgan fingerprint density at radius 3 is 2.39 bits per heavy atom. The van der Waals surface area contributed by atoms with Crippen LogP contribution in [0.15, 0.2) is 6.07 Å². The number of nitrogens with zero attached hydrogens (tertiary/aromatic N) is 4. The van der Waals surface area contributed by atoms with Crippen LogP contribution in [0.4, 0.5) is 13.9 Å². The Morgan fingerprint density at radius 1 is 1.30 bits per heavy atom. The molecular weight excluding hydrogens is 324 g/mol. The largest absolute Gasteiger partial charge is 0.295 e. The van der Waals surface area contributed by atoms with Gasteiger partial charge in [-0.3, -0.25) is 14.8 Å². The summed E-state index contributed by atoms with van der Waals surface area (Å²) < 4.78 is 26.8. The van der Waals surface area contributed by atoms with Gasteiger partial charge in [-0.15, -0.1) is 10.2 Å². The van der Waals surface area contributed by atoms with Crippen LogP contribution in [-0.4, -0.2) is 25.9 Å². The highest BCUT2D eigenvalue weighted by atomic mass is 32.1. The van der Waals surface area contributed by atoms with Gasteiger partial charge in [-0.2, -0.15) is 5.10 Å². The van der Waals surface area contributed by atoms with Crippen molar-refractivity contribution in [3.63, 3.8) is 0 Å². The molecule has 0 aromatic carbocycles. The molecule has 2 heterocycles. The minimum absolute atomic E-state index is 0.0294. The van der Waals surface area contributed by atoms with Crippen molar-refractivity contribution in [2.75, 3.05) is 5.32 Å². The zero-order valence-corrected chi connectivity index (χ0v) is 14.4. The first-order chi connectivity index (χ1) is 10.6. The Hall–Kier alpha value is -1.90. The van der Waals surface area contributed by atoms with E-state index < -0.39 is 17.3 Å². The van der Waals surface area contributed by atoms with Crippen molar-refractivity contribution in [3.8, 4) is 0 Å². The molecule has 0 fully saturated rings. The van der Waals surface area contributed by atoms with E-state index in [0.29, 0.717) is 11.3 Å². The first kappa shape index (κ1) is 17.5. The van der Waals surface area contributed by atoms with Crippen molar-refractivity contribution in [3.05, 3.63) is 22.5 Å². The quantitative estimate of drug-likeness (QED) is 0.916. The van der Waals surface area contributed by atoms with Crippen LogP contribution in [0, 0.1) is 0 Å². The van der Waals surface area contributed by atoms with Crippen molar-refractivity contribution < 1.29 is 13.6 Å². The van der Waals surface area contributed by atoms with Gasteiger partial charge in [-0.1, -0.05) is 25.2 Å². The lowest BCUT2D eigenvalue weighted by Crippen LogP contribution is -2.26. The zero-order chi connectivity index (χ0) is 17.4. The average Bonchev–Trinajstić information content (AvgIpc) is 3.03. The Bertz CT molecular complexity index is 702. The molecule has 9 heteroatoms. The lowest BCUT2D eigenvalue weighted by atomic mass is 10.1. The van der Waals surface area contributed by atoms with Gasteiger partial charge in [0.25, 0.3) is 12.3 Å². The van der Waals surface area contributed by atoms with Crippen LogP contribution in [0.1, 0.15) is 68.2 Å². The predicted octanol–water partition coefficient (Wildman–Crippen LogP) is 3.80. The fraction of sp³-hybridized carbons (Fsp3) is 0.571. The van der Waals surface area contributed by atoms with E-state index >= 15 is 0 Å². The fourth-order valence-electron chi connectivity index (χ4n) is 1.99. The van der Waals surface area contributed by atoms with Crippen LogP contribution < -0.4 is 5.32 Å². The van der Waals surface area contributed by atoms with E-state index in [4.69, 9.17) is 0 Å². The van der Waals surface area contributed by atoms with E-state index in [9.17, 15) is 13.6 Å². The monoisotopic (exact) mass is 343 g/mol. The number of carbonyl (C=O) groups is 1. The summed E-state index contributed by atoms with van der Waals surface area (Å²) in [5.41, 5.74) is 0.870. The first-order valence-corrected chi connectivity index (χ1v) is 7.94. The molecule has 0 saturated heterocycles. The van der Waals surface area contributed by atoms with E-state index in [1.807, 2.05) is 34.6 Å². The number of carbonyl (C=O) groups excluding carboxylic acids is 1. The highest BCUT2D eigenvalue weighted by Crippen LogP contribution is 2.26. The number of alkyl halides is 2. The Labute approximate surface area is 136 Å². The van der Waals surface area contributed by atoms with Crippen LogP contribution in [0.25, 0.3) is 0 Å². The lowest BCUT2D eigenvalue weighted by molar-refractivity contribution is 0.102. The van der Waals surface area contributed by atoms with Gasteiger partial charge in [-0.05, 0) is 32.8 Å². The van der Waals surface area contributed by atoms with Gasteiger partial charge in [0.15, 0.2) is 10.7 Å². The van der Waals surface area contributed by atoms with Crippen molar-refractivity contribution in [1.29, 1.82) is 0 Å². The molecule has 0 aliphatic rings. The highest BCUT2D eigenvalue weighted by Gasteiger charge is 2.24. The van der Waals surface area contributed by atoms with Crippen LogP contribution in [-0.2, 0) is 5.54 Å². The molecule has 0 aliphatic heterocycles. The molecule has 23 heavy (non-hydrogen) atoms. The summed E-state index contributed by atoms with van der Waals surface area (Å²) in [5.74, 6) is -0.304. The Morgan fingerprint density at radius 2 is 1.96 bits per heavy atom. The summed E-state index contributed by atoms with van der Waals surface area (Å²) in [6, 6.07) is 1.71. The molecule has 0 aliphatic carbocycles. The third-order valence-electron chi connectivity index (χ3n) is 3.04. The van der Waals surface area contributed by atoms with Gasteiger partial charge < -0.3 is 0 Å². The smallest absolute Gasteiger partial charge is 0.291 e. The van der Waals surface area contributed by atoms with Crippen molar-refractivity contribution in [1.82, 2.24) is 20.0 Å². The van der Waals surface area contributed by atoms with Crippen LogP contribution in [0.2, 0.25) is 0 Å². The summed E-state index contributed by atoms with van der Waals surface area (Å²) in [4.78, 5) is 12.3. The molecule has 2 aromatic rings. The normalized spacial score (nSPS) is 12.2. The van der Waals surface area contributed by atoms with Crippen molar-refractivity contribution >= 4 is 22.4 Å². The van der Waals surface area contributed by atoms with Gasteiger partial charge in [0.2, 0.25) is 5.13 Å². The topological polar surface area (TPSA) is 72.7 Å². The Balaban J connectivity index is 2.25. The third-order valence-corrected chi connectivity index (χ3v) is 3.89. The fourth-order valence-corrected chi connectivity index (χ4v) is 2.58. The molecule has 126 valence electrons. The minimum Gasteiger partial charge on any atom is -0.295 e. The summed E-state index contributed by atoms with van der Waals surface area (Å²) >= 11 is 0.648. The number of anilines is 1. The van der Waals surface area contributed by atoms with E-state index in [0.717, 1.165) is 5.69 Å². The lowest BCUT2D eigenvalue weighted by Gasteiger charge is -2.23. The Kier molecular flexibility index (Phi) is 4.79. The maximum Gasteiger partial charge on any atom is 0.291 e. The summed E-state index contributed by atoms with van der Waals surface area (Å²) in [6.45, 7) is 10.0. The van der Waals surface area contributed by atoms with Gasteiger partial charge in [0.05, 0.1) is 5.54 Å². The van der Waals surface area contributed by atoms with Gasteiger partial charge in [0.1, 0.15) is 0 Å². The van der Waals surface area contributed by atoms with Crippen LogP contribution in [0.5, 0.6) is 0 Å². The van der Waals surface area contributed by atoms with E-state index in [1.165, 1.54) is 0 Å². The van der Waals surface area contributed by atoms with E-state index in [2.05, 4.69) is 20.6 Å². The summed E-state index contributed by atoms with van der Waals surface area (Å²) in [6.07, 6.45) is -2.70. The SMILES string of the molecule is CC(C)c1cc(C(=O)Nc2nnc(C(F)F)s2)nn1C(C)(C)C. The number of rotatable bonds is 4. The van der Waals surface area contributed by atoms with E-state index in [-0.39, 0.29) is 22.3 Å². The molecule has 0 bridgehead atoms. The van der Waals surface area contributed by atoms with Gasteiger partial charge >= 0.3 is 0 Å². The first-order valence-electron chi connectivity index (χ1n) is 7.13. The maximum absolute atomic E-state index is 12.5. The van der Waals surface area contributed by atoms with E-state index in [1.54, 1.807) is 10.7 Å². The standard InChI is InChI=1S/C14H19F2N5OS/c1-7(2)9-6-8(20-21(9)14(3,4)5)11(22)17-13-19-18-12(23-13)10(15)16/h6-7,10H,1-5H3,(H,17,19,22). The molecule has 6 nitrogen and oxygen atoms in total. The van der Waals surface area contributed by atoms with Crippen LogP contribution >= 0.6 is 11.3 Å². The molecule has 0 saturated carbocycles. The van der Waals surface area contributed by atoms with Crippen molar-refractivity contribution in [2.45, 2.75) is 52.5 Å². The molecule has 1 N–H and O–H groups in total. The molecular formula is C14H19F2N5OS. The van der Waals surface area contributed by atoms with Crippen LogP contribution in [0.3, 0.4) is 0 Å². The van der Waals surface area contributed by atoms with Gasteiger partial charge in [0, 0.05) is 5.69 Å². The van der Waals surface area contributed by atoms with Crippen molar-refractivity contribution in [2.24, 2.45) is 0 Å². The number of halogens is 2. The second kappa shape index (κ2) is 6.31. The average molecular weight is 343 g/mol. The van der Waals surface area contributed by atoms with Gasteiger partial charge in [-0.25, -0.2) is 8.78 Å². The molecule has 0 atom stereocenters. The molecule has 2 aromatic heterocycles. The number of hydrogen-bond acceptors (Lipinski definition) is 5. The second-order valence-corrected chi connectivity index (χ2v) is 7.40.